The molecule has 2 nitrogen and oxygen atoms in total. The molecule has 2 heteroatoms. The molecule has 3 rings (SSSR count). The number of aromatic nitrogens is 2. The van der Waals surface area contributed by atoms with E-state index in [1.54, 1.807) is 5.69 Å². The molecule has 0 bridgehead atoms. The molecule has 2 aromatic rings. The molecule has 0 spiro atoms. The third kappa shape index (κ3) is 2.92. The number of hydrogen-bond acceptors (Lipinski definition) is 0. The van der Waals surface area contributed by atoms with E-state index in [0.29, 0.717) is 0 Å². The van der Waals surface area contributed by atoms with E-state index in [-0.39, 0.29) is 5.41 Å². The Kier molecular flexibility index (Phi) is 4.59. The standard InChI is InChI=1S/C22H33N2/c1-16-12-10-11-15-19(16)24-17(2)20(18-13-8-7-9-14-18)23(6)21(24)22(3,4)5/h10-12,15,18H,7-9,13-14H2,1-6H3/q+1. The first-order valence-corrected chi connectivity index (χ1v) is 9.50. The number of rotatable bonds is 2. The zero-order valence-corrected chi connectivity index (χ0v) is 16.3. The summed E-state index contributed by atoms with van der Waals surface area (Å²) in [5.74, 6) is 2.13. The van der Waals surface area contributed by atoms with Gasteiger partial charge in [0.2, 0.25) is 0 Å². The molecule has 0 aliphatic heterocycles. The van der Waals surface area contributed by atoms with E-state index in [1.807, 2.05) is 0 Å². The second-order valence-electron chi connectivity index (χ2n) is 8.56. The van der Waals surface area contributed by atoms with Crippen LogP contribution in [0, 0.1) is 13.8 Å². The fraction of sp³-hybridized carbons (Fsp3) is 0.591. The summed E-state index contributed by atoms with van der Waals surface area (Å²) in [5.41, 5.74) is 5.77. The highest BCUT2D eigenvalue weighted by Gasteiger charge is 2.38. The molecule has 1 aliphatic rings. The molecule has 130 valence electrons. The van der Waals surface area contributed by atoms with Crippen molar-refractivity contribution >= 4 is 0 Å². The summed E-state index contributed by atoms with van der Waals surface area (Å²) >= 11 is 0. The van der Waals surface area contributed by atoms with Crippen molar-refractivity contribution in [3.8, 4) is 5.69 Å². The summed E-state index contributed by atoms with van der Waals surface area (Å²) < 4.78 is 5.04. The molecule has 1 fully saturated rings. The molecule has 1 aliphatic carbocycles. The zero-order chi connectivity index (χ0) is 17.5. The third-order valence-corrected chi connectivity index (χ3v) is 5.62. The van der Waals surface area contributed by atoms with Gasteiger partial charge in [0.05, 0.1) is 12.5 Å². The maximum atomic E-state index is 2.53. The summed E-state index contributed by atoms with van der Waals surface area (Å²) in [5, 5.41) is 0. The third-order valence-electron chi connectivity index (χ3n) is 5.62. The largest absolute Gasteiger partial charge is 0.267 e. The predicted molar refractivity (Wildman–Crippen MR) is 101 cm³/mol. The van der Waals surface area contributed by atoms with Crippen LogP contribution in [-0.4, -0.2) is 4.57 Å². The average Bonchev–Trinajstić information content (AvgIpc) is 2.79. The first-order chi connectivity index (χ1) is 11.3. The topological polar surface area (TPSA) is 8.81 Å². The lowest BCUT2D eigenvalue weighted by Crippen LogP contribution is -2.43. The van der Waals surface area contributed by atoms with Crippen LogP contribution in [0.3, 0.4) is 0 Å². The Morgan fingerprint density at radius 3 is 2.21 bits per heavy atom. The summed E-state index contributed by atoms with van der Waals surface area (Å²) in [7, 11) is 2.28. The van der Waals surface area contributed by atoms with Gasteiger partial charge in [-0.3, -0.25) is 0 Å². The van der Waals surface area contributed by atoms with E-state index in [4.69, 9.17) is 0 Å². The van der Waals surface area contributed by atoms with Gasteiger partial charge in [-0.05, 0) is 52.2 Å². The zero-order valence-electron chi connectivity index (χ0n) is 16.3. The Balaban J connectivity index is 2.26. The normalized spacial score (nSPS) is 16.6. The molecular formula is C22H33N2+. The minimum Gasteiger partial charge on any atom is -0.233 e. The van der Waals surface area contributed by atoms with Crippen molar-refractivity contribution in [2.24, 2.45) is 7.05 Å². The number of nitrogens with zero attached hydrogens (tertiary/aromatic N) is 2. The summed E-state index contributed by atoms with van der Waals surface area (Å²) in [6, 6.07) is 8.79. The van der Waals surface area contributed by atoms with Gasteiger partial charge in [-0.2, -0.15) is 4.57 Å². The molecule has 24 heavy (non-hydrogen) atoms. The number of imidazole rings is 1. The highest BCUT2D eigenvalue weighted by Crippen LogP contribution is 2.36. The number of hydrogen-bond donors (Lipinski definition) is 0. The minimum absolute atomic E-state index is 0.106. The van der Waals surface area contributed by atoms with Crippen LogP contribution < -0.4 is 4.57 Å². The molecule has 0 atom stereocenters. The van der Waals surface area contributed by atoms with Crippen molar-refractivity contribution < 1.29 is 4.57 Å². The Bertz CT molecular complexity index is 725. The van der Waals surface area contributed by atoms with Crippen LogP contribution >= 0.6 is 0 Å². The van der Waals surface area contributed by atoms with Crippen molar-refractivity contribution in [2.45, 2.75) is 78.1 Å². The van der Waals surface area contributed by atoms with E-state index in [1.165, 1.54) is 54.9 Å². The quantitative estimate of drug-likeness (QED) is 0.666. The highest BCUT2D eigenvalue weighted by atomic mass is 15.2. The predicted octanol–water partition coefficient (Wildman–Crippen LogP) is 5.26. The number of benzene rings is 1. The monoisotopic (exact) mass is 325 g/mol. The molecule has 0 radical (unpaired) electrons. The fourth-order valence-electron chi connectivity index (χ4n) is 4.67. The lowest BCUT2D eigenvalue weighted by molar-refractivity contribution is -0.690. The lowest BCUT2D eigenvalue weighted by Gasteiger charge is -2.20. The maximum Gasteiger partial charge on any atom is 0.267 e. The molecule has 1 aromatic heterocycles. The van der Waals surface area contributed by atoms with Crippen LogP contribution in [0.25, 0.3) is 5.69 Å². The summed E-state index contributed by atoms with van der Waals surface area (Å²) in [6.07, 6.45) is 6.85. The molecular weight excluding hydrogens is 292 g/mol. The van der Waals surface area contributed by atoms with Crippen LogP contribution in [0.5, 0.6) is 0 Å². The van der Waals surface area contributed by atoms with E-state index in [2.05, 4.69) is 75.1 Å². The van der Waals surface area contributed by atoms with Gasteiger partial charge in [-0.1, -0.05) is 37.5 Å². The molecule has 0 saturated heterocycles. The van der Waals surface area contributed by atoms with E-state index < -0.39 is 0 Å². The molecule has 0 N–H and O–H groups in total. The van der Waals surface area contributed by atoms with Crippen molar-refractivity contribution in [1.82, 2.24) is 4.57 Å². The number of aryl methyl sites for hydroxylation is 1. The summed E-state index contributed by atoms with van der Waals surface area (Å²) in [4.78, 5) is 0. The van der Waals surface area contributed by atoms with Crippen LogP contribution in [0.4, 0.5) is 0 Å². The van der Waals surface area contributed by atoms with Crippen molar-refractivity contribution in [3.63, 3.8) is 0 Å². The highest BCUT2D eigenvalue weighted by molar-refractivity contribution is 5.43. The first-order valence-electron chi connectivity index (χ1n) is 9.50. The van der Waals surface area contributed by atoms with Gasteiger partial charge >= 0.3 is 0 Å². The minimum atomic E-state index is 0.106. The second-order valence-corrected chi connectivity index (χ2v) is 8.56. The first kappa shape index (κ1) is 17.3. The molecule has 1 saturated carbocycles. The smallest absolute Gasteiger partial charge is 0.233 e. The van der Waals surface area contributed by atoms with Gasteiger partial charge in [0.25, 0.3) is 5.82 Å². The van der Waals surface area contributed by atoms with Gasteiger partial charge in [-0.25, -0.2) is 4.57 Å². The van der Waals surface area contributed by atoms with Gasteiger partial charge < -0.3 is 0 Å². The van der Waals surface area contributed by atoms with Gasteiger partial charge in [0, 0.05) is 12.8 Å². The van der Waals surface area contributed by atoms with Crippen molar-refractivity contribution in [3.05, 3.63) is 47.0 Å². The van der Waals surface area contributed by atoms with E-state index in [0.717, 1.165) is 5.92 Å². The number of para-hydroxylation sites is 1. The maximum absolute atomic E-state index is 2.53. The Hall–Kier alpha value is -1.57. The lowest BCUT2D eigenvalue weighted by atomic mass is 9.86. The molecule has 1 heterocycles. The second kappa shape index (κ2) is 6.38. The molecule has 0 unspecified atom stereocenters. The Morgan fingerprint density at radius 2 is 1.62 bits per heavy atom. The SMILES string of the molecule is Cc1ccccc1-n1c(C)c(C2CCCCC2)[n+](C)c1C(C)(C)C. The van der Waals surface area contributed by atoms with Gasteiger partial charge in [0.15, 0.2) is 0 Å². The van der Waals surface area contributed by atoms with E-state index in [9.17, 15) is 0 Å². The molecule has 1 aromatic carbocycles. The van der Waals surface area contributed by atoms with Crippen molar-refractivity contribution in [2.75, 3.05) is 0 Å². The van der Waals surface area contributed by atoms with Crippen LogP contribution in [-0.2, 0) is 12.5 Å². The van der Waals surface area contributed by atoms with E-state index >= 15 is 0 Å². The summed E-state index contributed by atoms with van der Waals surface area (Å²) in [6.45, 7) is 11.6. The van der Waals surface area contributed by atoms with Gasteiger partial charge in [-0.15, -0.1) is 0 Å². The average molecular weight is 326 g/mol. The fourth-order valence-corrected chi connectivity index (χ4v) is 4.67. The van der Waals surface area contributed by atoms with Crippen LogP contribution in [0.15, 0.2) is 24.3 Å². The van der Waals surface area contributed by atoms with Crippen LogP contribution in [0.2, 0.25) is 0 Å². The van der Waals surface area contributed by atoms with Crippen molar-refractivity contribution in [1.29, 1.82) is 0 Å². The molecule has 0 amide bonds. The Labute approximate surface area is 147 Å². The van der Waals surface area contributed by atoms with Gasteiger partial charge in [0.1, 0.15) is 17.1 Å². The van der Waals surface area contributed by atoms with Crippen LogP contribution in [0.1, 0.15) is 81.6 Å². The Morgan fingerprint density at radius 1 is 1.00 bits per heavy atom.